The Bertz CT molecular complexity index is 1400. The Morgan fingerprint density at radius 2 is 1.93 bits per heavy atom. The van der Waals surface area contributed by atoms with Crippen molar-refractivity contribution in [2.24, 2.45) is 5.41 Å². The zero-order chi connectivity index (χ0) is 30.1. The van der Waals surface area contributed by atoms with Crippen molar-refractivity contribution in [1.29, 1.82) is 0 Å². The van der Waals surface area contributed by atoms with Gasteiger partial charge in [0, 0.05) is 42.5 Å². The number of nitrogens with zero attached hydrogens (tertiary/aromatic N) is 6. The van der Waals surface area contributed by atoms with Gasteiger partial charge in [-0.15, -0.1) is 5.10 Å². The summed E-state index contributed by atoms with van der Waals surface area (Å²) in [6.45, 7) is 9.76. The highest BCUT2D eigenvalue weighted by molar-refractivity contribution is 7.97. The van der Waals surface area contributed by atoms with E-state index in [4.69, 9.17) is 14.5 Å². The number of fused-ring (bicyclic) bond motifs is 6. The van der Waals surface area contributed by atoms with Crippen molar-refractivity contribution >= 4 is 23.7 Å². The van der Waals surface area contributed by atoms with Gasteiger partial charge >= 0.3 is 6.18 Å². The number of nitrogens with one attached hydrogen (secondary N) is 1. The van der Waals surface area contributed by atoms with Crippen molar-refractivity contribution in [3.05, 3.63) is 42.2 Å². The Hall–Kier alpha value is -3.26. The minimum absolute atomic E-state index is 0.0557. The number of amides is 1. The van der Waals surface area contributed by atoms with Gasteiger partial charge < -0.3 is 14.4 Å². The Morgan fingerprint density at radius 3 is 2.67 bits per heavy atom. The van der Waals surface area contributed by atoms with E-state index in [2.05, 4.69) is 33.7 Å². The number of carbonyl (C=O) groups is 1. The van der Waals surface area contributed by atoms with Gasteiger partial charge in [-0.3, -0.25) is 14.2 Å². The van der Waals surface area contributed by atoms with Gasteiger partial charge in [-0.25, -0.2) is 9.67 Å². The number of hydrogen-bond donors (Lipinski definition) is 1. The summed E-state index contributed by atoms with van der Waals surface area (Å²) in [5.41, 5.74) is -1.57. The van der Waals surface area contributed by atoms with E-state index in [0.29, 0.717) is 41.9 Å². The molecule has 1 saturated heterocycles. The molecule has 14 heteroatoms. The summed E-state index contributed by atoms with van der Waals surface area (Å²) in [6.07, 6.45) is 0.153. The molecule has 1 amide bonds. The first-order chi connectivity index (χ1) is 20.0. The minimum atomic E-state index is -4.21. The van der Waals surface area contributed by atoms with Crippen LogP contribution in [-0.4, -0.2) is 68.0 Å². The second kappa shape index (κ2) is 11.8. The SMILES string of the molecule is CC.CC1(C)CC2CN1c1nc(-n3ccc(OCCC4(C(F)(F)F)CC4)n3)ccc1C(=O)NSc1ccn(n1)CCO2. The van der Waals surface area contributed by atoms with Crippen molar-refractivity contribution in [1.82, 2.24) is 29.3 Å². The van der Waals surface area contributed by atoms with Crippen LogP contribution < -0.4 is 14.4 Å². The van der Waals surface area contributed by atoms with Crippen LogP contribution >= 0.6 is 11.9 Å². The molecular weight excluding hydrogens is 571 g/mol. The molecule has 2 aliphatic heterocycles. The summed E-state index contributed by atoms with van der Waals surface area (Å²) in [5.74, 6) is 0.841. The molecule has 1 unspecified atom stereocenters. The van der Waals surface area contributed by atoms with E-state index in [1.54, 1.807) is 29.1 Å². The smallest absolute Gasteiger partial charge is 0.394 e. The molecule has 6 rings (SSSR count). The van der Waals surface area contributed by atoms with E-state index >= 15 is 0 Å². The monoisotopic (exact) mass is 607 g/mol. The number of pyridine rings is 1. The van der Waals surface area contributed by atoms with Crippen LogP contribution in [0.4, 0.5) is 19.0 Å². The average Bonchev–Trinajstić information content (AvgIpc) is 3.26. The van der Waals surface area contributed by atoms with Crippen LogP contribution in [0.25, 0.3) is 5.82 Å². The van der Waals surface area contributed by atoms with Crippen LogP contribution in [0.15, 0.2) is 41.7 Å². The highest BCUT2D eigenvalue weighted by Gasteiger charge is 2.62. The number of anilines is 1. The van der Waals surface area contributed by atoms with Crippen LogP contribution in [0.5, 0.6) is 5.88 Å². The Balaban J connectivity index is 0.00000173. The first-order valence-corrected chi connectivity index (χ1v) is 15.0. The molecular formula is C28H36F3N7O3S. The Kier molecular flexibility index (Phi) is 8.48. The maximum atomic E-state index is 13.3. The minimum Gasteiger partial charge on any atom is -0.477 e. The fourth-order valence-corrected chi connectivity index (χ4v) is 5.88. The largest absolute Gasteiger partial charge is 0.477 e. The van der Waals surface area contributed by atoms with Gasteiger partial charge in [0.25, 0.3) is 5.91 Å². The summed E-state index contributed by atoms with van der Waals surface area (Å²) in [7, 11) is 0. The molecule has 228 valence electrons. The van der Waals surface area contributed by atoms with Gasteiger partial charge in [-0.05, 0) is 57.7 Å². The second-order valence-corrected chi connectivity index (χ2v) is 11.9. The first-order valence-electron chi connectivity index (χ1n) is 14.2. The number of alkyl halides is 3. The molecule has 3 aromatic heterocycles. The van der Waals surface area contributed by atoms with E-state index in [1.165, 1.54) is 4.68 Å². The normalized spacial score (nSPS) is 21.0. The third-order valence-electron chi connectivity index (χ3n) is 7.83. The zero-order valence-electron chi connectivity index (χ0n) is 24.1. The lowest BCUT2D eigenvalue weighted by Crippen LogP contribution is -2.40. The molecule has 1 saturated carbocycles. The topological polar surface area (TPSA) is 99.3 Å². The average molecular weight is 608 g/mol. The quantitative estimate of drug-likeness (QED) is 0.384. The molecule has 1 aliphatic carbocycles. The molecule has 5 heterocycles. The highest BCUT2D eigenvalue weighted by atomic mass is 32.2. The van der Waals surface area contributed by atoms with Crippen LogP contribution in [0.3, 0.4) is 0 Å². The molecule has 10 nitrogen and oxygen atoms in total. The maximum Gasteiger partial charge on any atom is 0.394 e. The number of hydrogen-bond acceptors (Lipinski definition) is 8. The molecule has 0 spiro atoms. The molecule has 2 fully saturated rings. The lowest BCUT2D eigenvalue weighted by molar-refractivity contribution is -0.190. The predicted octanol–water partition coefficient (Wildman–Crippen LogP) is 5.43. The molecule has 1 atom stereocenters. The third kappa shape index (κ3) is 6.24. The van der Waals surface area contributed by atoms with Crippen LogP contribution in [0, 0.1) is 5.41 Å². The molecule has 1 N–H and O–H groups in total. The summed E-state index contributed by atoms with van der Waals surface area (Å²) < 4.78 is 57.5. The molecule has 4 bridgehead atoms. The van der Waals surface area contributed by atoms with Crippen LogP contribution in [-0.2, 0) is 11.3 Å². The maximum absolute atomic E-state index is 13.3. The number of halogens is 3. The molecule has 0 aromatic carbocycles. The summed E-state index contributed by atoms with van der Waals surface area (Å²) >= 11 is 1.13. The standard InChI is InChI=1S/C26H30F3N7O3S.C2H6/c1-24(2)15-17-16-35(24)22-18(23(37)33-40-21-6-10-34(32-21)12-14-38-17)3-4-19(30-22)36-11-5-20(31-36)39-13-9-25(7-8-25)26(27,28)29;1-2/h3-6,10-11,17H,7-9,12-16H2,1-2H3,(H,33,37);1-2H3. The number of ether oxygens (including phenoxy) is 2. The van der Waals surface area contributed by atoms with Crippen molar-refractivity contribution in [3.63, 3.8) is 0 Å². The van der Waals surface area contributed by atoms with Gasteiger partial charge in [-0.2, -0.15) is 18.3 Å². The van der Waals surface area contributed by atoms with Crippen molar-refractivity contribution in [2.75, 3.05) is 24.7 Å². The molecule has 0 radical (unpaired) electrons. The summed E-state index contributed by atoms with van der Waals surface area (Å²) in [5, 5.41) is 9.50. The van der Waals surface area contributed by atoms with Gasteiger partial charge in [0.1, 0.15) is 10.8 Å². The molecule has 3 aliphatic rings. The zero-order valence-corrected chi connectivity index (χ0v) is 25.0. The van der Waals surface area contributed by atoms with E-state index < -0.39 is 11.6 Å². The van der Waals surface area contributed by atoms with Crippen molar-refractivity contribution in [2.45, 2.75) is 82.8 Å². The van der Waals surface area contributed by atoms with Crippen LogP contribution in [0.1, 0.15) is 63.7 Å². The highest BCUT2D eigenvalue weighted by Crippen LogP contribution is 2.59. The lowest BCUT2D eigenvalue weighted by atomic mass is 10.0. The molecule has 3 aromatic rings. The van der Waals surface area contributed by atoms with Crippen molar-refractivity contribution in [3.8, 4) is 11.7 Å². The van der Waals surface area contributed by atoms with E-state index in [-0.39, 0.29) is 49.3 Å². The Labute approximate surface area is 247 Å². The number of carbonyl (C=O) groups excluding carboxylic acids is 1. The van der Waals surface area contributed by atoms with E-state index in [1.807, 2.05) is 26.1 Å². The van der Waals surface area contributed by atoms with Gasteiger partial charge in [0.2, 0.25) is 5.88 Å². The van der Waals surface area contributed by atoms with Crippen LogP contribution in [0.2, 0.25) is 0 Å². The first kappa shape index (κ1) is 30.2. The fraction of sp³-hybridized carbons (Fsp3) is 0.571. The van der Waals surface area contributed by atoms with Gasteiger partial charge in [-0.1, -0.05) is 13.8 Å². The third-order valence-corrected chi connectivity index (χ3v) is 8.54. The number of aromatic nitrogens is 5. The fourth-order valence-electron chi connectivity index (χ4n) is 5.29. The summed E-state index contributed by atoms with van der Waals surface area (Å²) in [4.78, 5) is 20.3. The van der Waals surface area contributed by atoms with Gasteiger partial charge in [0.15, 0.2) is 5.82 Å². The van der Waals surface area contributed by atoms with Crippen molar-refractivity contribution < 1.29 is 27.4 Å². The second-order valence-electron chi connectivity index (χ2n) is 11.1. The molecule has 42 heavy (non-hydrogen) atoms. The number of rotatable bonds is 5. The van der Waals surface area contributed by atoms with Gasteiger partial charge in [0.05, 0.1) is 36.8 Å². The van der Waals surface area contributed by atoms with E-state index in [0.717, 1.165) is 18.4 Å². The Morgan fingerprint density at radius 1 is 1.14 bits per heavy atom. The predicted molar refractivity (Wildman–Crippen MR) is 152 cm³/mol. The summed E-state index contributed by atoms with van der Waals surface area (Å²) in [6, 6.07) is 6.80. The van der Waals surface area contributed by atoms with E-state index in [9.17, 15) is 18.0 Å². The lowest BCUT2D eigenvalue weighted by Gasteiger charge is -2.33.